The molecule has 34 heavy (non-hydrogen) atoms. The quantitative estimate of drug-likeness (QED) is 0.218. The van der Waals surface area contributed by atoms with Gasteiger partial charge in [-0.15, -0.1) is 0 Å². The van der Waals surface area contributed by atoms with Crippen LogP contribution >= 0.6 is 0 Å². The van der Waals surface area contributed by atoms with Crippen LogP contribution < -0.4 is 0 Å². The maximum Gasteiger partial charge on any atom is 0.0786 e. The maximum absolute atomic E-state index is 2.48. The molecule has 0 aliphatic heterocycles. The molecule has 1 heteroatoms. The Hall–Kier alpha value is -0.560. The molecular weight excluding hydrogens is 410 g/mol. The van der Waals surface area contributed by atoms with E-state index in [1.54, 1.807) is 22.3 Å². The highest BCUT2D eigenvalue weighted by Crippen LogP contribution is 2.60. The number of hydrogen-bond acceptors (Lipinski definition) is 0. The molecule has 200 valence electrons. The van der Waals surface area contributed by atoms with Crippen LogP contribution in [0.2, 0.25) is 0 Å². The van der Waals surface area contributed by atoms with Crippen LogP contribution in [0.15, 0.2) is 22.3 Å². The molecule has 0 saturated carbocycles. The molecule has 0 spiro atoms. The number of hydrogen-bond donors (Lipinski definition) is 0. The number of quaternary nitrogens is 1. The first-order chi connectivity index (χ1) is 15.3. The van der Waals surface area contributed by atoms with Gasteiger partial charge in [0.25, 0.3) is 0 Å². The van der Waals surface area contributed by atoms with Crippen LogP contribution in [0.3, 0.4) is 0 Å². The summed E-state index contributed by atoms with van der Waals surface area (Å²) in [6.07, 6.45) is 6.72. The van der Waals surface area contributed by atoms with Gasteiger partial charge in [0.1, 0.15) is 0 Å². The summed E-state index contributed by atoms with van der Waals surface area (Å²) in [7, 11) is 0. The van der Waals surface area contributed by atoms with Crippen LogP contribution in [0.1, 0.15) is 136 Å². The Morgan fingerprint density at radius 3 is 1.35 bits per heavy atom. The smallest absolute Gasteiger partial charge is 0.0786 e. The van der Waals surface area contributed by atoms with Crippen LogP contribution in [0, 0.1) is 27.6 Å². The Morgan fingerprint density at radius 2 is 1.00 bits per heavy atom. The van der Waals surface area contributed by atoms with E-state index in [4.69, 9.17) is 0 Å². The van der Waals surface area contributed by atoms with Gasteiger partial charge in [-0.05, 0) is 79.3 Å². The van der Waals surface area contributed by atoms with Gasteiger partial charge < -0.3 is 4.48 Å². The van der Waals surface area contributed by atoms with E-state index in [-0.39, 0.29) is 21.7 Å². The number of allylic oxidation sites excluding steroid dienone is 4. The summed E-state index contributed by atoms with van der Waals surface area (Å²) in [5.41, 5.74) is 7.64. The van der Waals surface area contributed by atoms with Crippen molar-refractivity contribution in [2.75, 3.05) is 26.2 Å². The fraction of sp³-hybridized carbons (Fsp3) is 0.879. The molecule has 1 aliphatic rings. The number of unbranched alkanes of at least 4 members (excludes halogenated alkanes) is 3. The Bertz CT molecular complexity index is 706. The Balaban J connectivity index is 3.26. The lowest BCUT2D eigenvalue weighted by atomic mass is 9.65. The van der Waals surface area contributed by atoms with Gasteiger partial charge >= 0.3 is 0 Å². The molecule has 0 aromatic rings. The van der Waals surface area contributed by atoms with Crippen molar-refractivity contribution in [2.45, 2.75) is 136 Å². The normalized spacial score (nSPS) is 19.0. The van der Waals surface area contributed by atoms with E-state index in [2.05, 4.69) is 104 Å². The standard InChI is InChI=1S/C33H64N/c1-16-34(17-2,18-3)24-22-20-19-21-23-25-26(30(4,5)6)28(32(10,11)12)29(33(13,14)15)27(25)31(7,8)9/h26H,16-24H2,1-15H3/q+1. The zero-order chi connectivity index (χ0) is 26.8. The number of nitrogens with zero attached hydrogens (tertiary/aromatic N) is 1. The molecule has 1 rings (SSSR count). The predicted octanol–water partition coefficient (Wildman–Crippen LogP) is 10.2. The largest absolute Gasteiger partial charge is 0.324 e. The van der Waals surface area contributed by atoms with Crippen LogP contribution in [0.4, 0.5) is 0 Å². The summed E-state index contributed by atoms with van der Waals surface area (Å²) in [6.45, 7) is 41.8. The van der Waals surface area contributed by atoms with E-state index in [9.17, 15) is 0 Å². The van der Waals surface area contributed by atoms with E-state index in [0.717, 1.165) is 0 Å². The predicted molar refractivity (Wildman–Crippen MR) is 155 cm³/mol. The van der Waals surface area contributed by atoms with Crippen molar-refractivity contribution in [3.63, 3.8) is 0 Å². The molecule has 0 fully saturated rings. The summed E-state index contributed by atoms with van der Waals surface area (Å²) in [4.78, 5) is 0. The minimum atomic E-state index is 0.165. The van der Waals surface area contributed by atoms with Gasteiger partial charge in [-0.3, -0.25) is 0 Å². The van der Waals surface area contributed by atoms with E-state index >= 15 is 0 Å². The summed E-state index contributed by atoms with van der Waals surface area (Å²) in [6, 6.07) is 0. The van der Waals surface area contributed by atoms with Gasteiger partial charge in [0, 0.05) is 5.92 Å². The van der Waals surface area contributed by atoms with Gasteiger partial charge in [-0.25, -0.2) is 0 Å². The fourth-order valence-electron chi connectivity index (χ4n) is 6.69. The molecule has 0 amide bonds. The summed E-state index contributed by atoms with van der Waals surface area (Å²) < 4.78 is 1.29. The lowest BCUT2D eigenvalue weighted by Crippen LogP contribution is -2.48. The number of rotatable bonds is 10. The average Bonchev–Trinajstić information content (AvgIpc) is 3.05. The molecule has 1 nitrogen and oxygen atoms in total. The van der Waals surface area contributed by atoms with E-state index in [0.29, 0.717) is 5.92 Å². The van der Waals surface area contributed by atoms with Gasteiger partial charge in [-0.2, -0.15) is 0 Å². The van der Waals surface area contributed by atoms with Gasteiger partial charge in [0.05, 0.1) is 26.2 Å². The second-order valence-electron chi connectivity index (χ2n) is 15.4. The molecule has 0 radical (unpaired) electrons. The highest BCUT2D eigenvalue weighted by atomic mass is 15.3. The molecule has 0 bridgehead atoms. The van der Waals surface area contributed by atoms with Crippen molar-refractivity contribution < 1.29 is 4.48 Å². The van der Waals surface area contributed by atoms with Gasteiger partial charge in [0.15, 0.2) is 0 Å². The van der Waals surface area contributed by atoms with Crippen LogP contribution in [0.25, 0.3) is 0 Å². The SMILES string of the molecule is CC[N+](CC)(CC)CCCCCCC1=C(C(C)(C)C)C(C(C)(C)C)=C(C(C)(C)C)C1C(C)(C)C. The van der Waals surface area contributed by atoms with Crippen LogP contribution in [0.5, 0.6) is 0 Å². The summed E-state index contributed by atoms with van der Waals surface area (Å²) in [5.74, 6) is 0.556. The maximum atomic E-state index is 2.48. The summed E-state index contributed by atoms with van der Waals surface area (Å²) in [5, 5.41) is 0. The van der Waals surface area contributed by atoms with Crippen molar-refractivity contribution in [3.05, 3.63) is 22.3 Å². The Kier molecular flexibility index (Phi) is 10.4. The van der Waals surface area contributed by atoms with Crippen molar-refractivity contribution in [1.82, 2.24) is 0 Å². The first-order valence-electron chi connectivity index (χ1n) is 14.6. The lowest BCUT2D eigenvalue weighted by molar-refractivity contribution is -0.923. The van der Waals surface area contributed by atoms with Crippen molar-refractivity contribution in [2.24, 2.45) is 27.6 Å². The molecule has 0 heterocycles. The molecule has 1 unspecified atom stereocenters. The highest BCUT2D eigenvalue weighted by molar-refractivity contribution is 5.57. The molecule has 0 aromatic carbocycles. The average molecular weight is 475 g/mol. The van der Waals surface area contributed by atoms with Gasteiger partial charge in [0.2, 0.25) is 0 Å². The van der Waals surface area contributed by atoms with Crippen molar-refractivity contribution in [1.29, 1.82) is 0 Å². The third-order valence-electron chi connectivity index (χ3n) is 8.49. The molecule has 1 atom stereocenters. The van der Waals surface area contributed by atoms with Crippen LogP contribution in [-0.2, 0) is 0 Å². The molecule has 1 aliphatic carbocycles. The first kappa shape index (κ1) is 31.5. The van der Waals surface area contributed by atoms with Gasteiger partial charge in [-0.1, -0.05) is 101 Å². The topological polar surface area (TPSA) is 0 Å². The second kappa shape index (κ2) is 11.2. The second-order valence-corrected chi connectivity index (χ2v) is 15.4. The fourth-order valence-corrected chi connectivity index (χ4v) is 6.69. The van der Waals surface area contributed by atoms with Crippen molar-refractivity contribution in [3.8, 4) is 0 Å². The van der Waals surface area contributed by atoms with Crippen LogP contribution in [-0.4, -0.2) is 30.7 Å². The monoisotopic (exact) mass is 475 g/mol. The zero-order valence-electron chi connectivity index (χ0n) is 26.4. The molecule has 0 saturated heterocycles. The molecular formula is C33H64N+. The zero-order valence-corrected chi connectivity index (χ0v) is 26.4. The van der Waals surface area contributed by atoms with E-state index in [1.807, 2.05) is 0 Å². The summed E-state index contributed by atoms with van der Waals surface area (Å²) >= 11 is 0. The van der Waals surface area contributed by atoms with E-state index in [1.165, 1.54) is 62.8 Å². The minimum absolute atomic E-state index is 0.165. The lowest BCUT2D eigenvalue weighted by Gasteiger charge is -2.40. The minimum Gasteiger partial charge on any atom is -0.324 e. The third kappa shape index (κ3) is 7.47. The van der Waals surface area contributed by atoms with E-state index < -0.39 is 0 Å². The first-order valence-corrected chi connectivity index (χ1v) is 14.6. The molecule has 0 aromatic heterocycles. The Labute approximate surface area is 216 Å². The Morgan fingerprint density at radius 1 is 0.559 bits per heavy atom. The molecule has 0 N–H and O–H groups in total. The third-order valence-corrected chi connectivity index (χ3v) is 8.49. The van der Waals surface area contributed by atoms with Crippen molar-refractivity contribution >= 4 is 0 Å². The highest BCUT2D eigenvalue weighted by Gasteiger charge is 2.48.